The highest BCUT2D eigenvalue weighted by molar-refractivity contribution is 5.76. The van der Waals surface area contributed by atoms with Crippen LogP contribution in [0.15, 0.2) is 48.9 Å². The van der Waals surface area contributed by atoms with Gasteiger partial charge in [-0.25, -0.2) is 19.0 Å². The molecule has 9 nitrogen and oxygen atoms in total. The van der Waals surface area contributed by atoms with Gasteiger partial charge in [-0.3, -0.25) is 0 Å². The van der Waals surface area contributed by atoms with E-state index in [1.54, 1.807) is 29.3 Å². The number of nitrogens with one attached hydrogen (secondary N) is 2. The lowest BCUT2D eigenvalue weighted by Gasteiger charge is -2.21. The fourth-order valence-corrected chi connectivity index (χ4v) is 4.07. The van der Waals surface area contributed by atoms with Crippen molar-refractivity contribution in [2.45, 2.75) is 26.2 Å². The largest absolute Gasteiger partial charge is 0.373 e. The van der Waals surface area contributed by atoms with Crippen LogP contribution in [0.1, 0.15) is 25.2 Å². The second-order valence-corrected chi connectivity index (χ2v) is 8.56. The van der Waals surface area contributed by atoms with E-state index in [-0.39, 0.29) is 11.2 Å². The highest BCUT2D eigenvalue weighted by Crippen LogP contribution is 2.46. The van der Waals surface area contributed by atoms with E-state index in [1.165, 1.54) is 12.1 Å². The summed E-state index contributed by atoms with van der Waals surface area (Å²) in [6.45, 7) is 6.84. The molecule has 0 aliphatic carbocycles. The first-order valence-electron chi connectivity index (χ1n) is 10.6. The van der Waals surface area contributed by atoms with Gasteiger partial charge in [0, 0.05) is 30.3 Å². The minimum Gasteiger partial charge on any atom is -0.373 e. The van der Waals surface area contributed by atoms with E-state index < -0.39 is 0 Å². The maximum atomic E-state index is 13.5. The Morgan fingerprint density at radius 3 is 2.45 bits per heavy atom. The highest BCUT2D eigenvalue weighted by atomic mass is 19.1. The van der Waals surface area contributed by atoms with Crippen molar-refractivity contribution in [2.24, 2.45) is 0 Å². The Morgan fingerprint density at radius 2 is 1.82 bits per heavy atom. The van der Waals surface area contributed by atoms with E-state index in [2.05, 4.69) is 44.4 Å². The van der Waals surface area contributed by atoms with Gasteiger partial charge in [-0.2, -0.15) is 15.1 Å². The zero-order valence-electron chi connectivity index (χ0n) is 18.8. The Morgan fingerprint density at radius 1 is 1.03 bits per heavy atom. The third-order valence-corrected chi connectivity index (χ3v) is 5.60. The number of hydrogen-bond donors (Lipinski definition) is 2. The normalized spacial score (nSPS) is 14.3. The SMILES string of the molecule is CNc1nc(Nc2ccc(-n3cnc(C)n3)nc2)nc2c1C(C)(C)CN2c1ccc(F)cc1. The number of rotatable bonds is 5. The number of benzene rings is 1. The topological polar surface area (TPSA) is 96.7 Å². The van der Waals surface area contributed by atoms with Gasteiger partial charge in [0.1, 0.15) is 29.6 Å². The lowest BCUT2D eigenvalue weighted by molar-refractivity contribution is 0.569. The molecule has 4 heterocycles. The quantitative estimate of drug-likeness (QED) is 0.474. The van der Waals surface area contributed by atoms with Crippen LogP contribution in [0.4, 0.5) is 33.3 Å². The summed E-state index contributed by atoms with van der Waals surface area (Å²) in [4.78, 5) is 20.2. The molecule has 0 amide bonds. The fourth-order valence-electron chi connectivity index (χ4n) is 4.07. The standard InChI is InChI=1S/C23H24FN9/c1-14-27-13-33(31-14)18-10-7-16(11-26-18)28-22-29-20(25-4)19-21(30-22)32(12-23(19,2)3)17-8-5-15(24)6-9-17/h5-11,13H,12H2,1-4H3,(H2,25,28,29,30). The predicted molar refractivity (Wildman–Crippen MR) is 125 cm³/mol. The Kier molecular flexibility index (Phi) is 4.92. The molecule has 10 heteroatoms. The van der Waals surface area contributed by atoms with Gasteiger partial charge < -0.3 is 15.5 Å². The zero-order valence-corrected chi connectivity index (χ0v) is 18.8. The third kappa shape index (κ3) is 3.84. The van der Waals surface area contributed by atoms with Crippen LogP contribution in [0, 0.1) is 12.7 Å². The van der Waals surface area contributed by atoms with E-state index in [9.17, 15) is 4.39 Å². The van der Waals surface area contributed by atoms with Crippen LogP contribution >= 0.6 is 0 Å². The van der Waals surface area contributed by atoms with E-state index in [4.69, 9.17) is 9.97 Å². The minimum atomic E-state index is -0.268. The fraction of sp³-hybridized carbons (Fsp3) is 0.261. The van der Waals surface area contributed by atoms with Crippen molar-refractivity contribution in [3.05, 3.63) is 66.1 Å². The molecule has 0 bridgehead atoms. The molecule has 0 saturated heterocycles. The zero-order chi connectivity index (χ0) is 23.2. The smallest absolute Gasteiger partial charge is 0.231 e. The molecule has 168 valence electrons. The summed E-state index contributed by atoms with van der Waals surface area (Å²) in [5.41, 5.74) is 2.45. The molecule has 0 spiro atoms. The second kappa shape index (κ2) is 7.80. The Hall–Kier alpha value is -4.08. The summed E-state index contributed by atoms with van der Waals surface area (Å²) in [7, 11) is 1.85. The molecular weight excluding hydrogens is 421 g/mol. The molecule has 33 heavy (non-hydrogen) atoms. The molecule has 1 aliphatic rings. The van der Waals surface area contributed by atoms with Crippen LogP contribution in [-0.4, -0.2) is 43.3 Å². The summed E-state index contributed by atoms with van der Waals surface area (Å²) in [5, 5.41) is 10.7. The van der Waals surface area contributed by atoms with Gasteiger partial charge in [0.15, 0.2) is 5.82 Å². The first kappa shape index (κ1) is 20.8. The molecule has 4 aromatic rings. The molecule has 0 unspecified atom stereocenters. The van der Waals surface area contributed by atoms with Crippen molar-refractivity contribution in [1.29, 1.82) is 0 Å². The molecule has 0 radical (unpaired) electrons. The Bertz CT molecular complexity index is 1300. The summed E-state index contributed by atoms with van der Waals surface area (Å²) in [6.07, 6.45) is 3.32. The van der Waals surface area contributed by atoms with Crippen LogP contribution in [0.3, 0.4) is 0 Å². The lowest BCUT2D eigenvalue weighted by atomic mass is 9.88. The van der Waals surface area contributed by atoms with E-state index in [0.29, 0.717) is 24.1 Å². The molecule has 3 aromatic heterocycles. The molecular formula is C23H24FN9. The summed E-state index contributed by atoms with van der Waals surface area (Å²) in [5.74, 6) is 3.05. The van der Waals surface area contributed by atoms with E-state index >= 15 is 0 Å². The number of fused-ring (bicyclic) bond motifs is 1. The van der Waals surface area contributed by atoms with E-state index in [0.717, 1.165) is 28.6 Å². The number of aryl methyl sites for hydroxylation is 1. The van der Waals surface area contributed by atoms with Gasteiger partial charge in [0.2, 0.25) is 5.95 Å². The van der Waals surface area contributed by atoms with Crippen molar-refractivity contribution in [1.82, 2.24) is 29.7 Å². The van der Waals surface area contributed by atoms with Crippen LogP contribution in [0.25, 0.3) is 5.82 Å². The van der Waals surface area contributed by atoms with Gasteiger partial charge in [-0.05, 0) is 43.3 Å². The van der Waals surface area contributed by atoms with Gasteiger partial charge in [-0.1, -0.05) is 13.8 Å². The van der Waals surface area contributed by atoms with Crippen LogP contribution in [0.5, 0.6) is 0 Å². The molecule has 2 N–H and O–H groups in total. The van der Waals surface area contributed by atoms with Crippen LogP contribution in [-0.2, 0) is 5.41 Å². The first-order valence-corrected chi connectivity index (χ1v) is 10.6. The van der Waals surface area contributed by atoms with Crippen molar-refractivity contribution >= 4 is 29.0 Å². The van der Waals surface area contributed by atoms with Gasteiger partial charge >= 0.3 is 0 Å². The maximum absolute atomic E-state index is 13.5. The summed E-state index contributed by atoms with van der Waals surface area (Å²) >= 11 is 0. The number of halogens is 1. The monoisotopic (exact) mass is 445 g/mol. The molecule has 0 fully saturated rings. The third-order valence-electron chi connectivity index (χ3n) is 5.60. The van der Waals surface area contributed by atoms with Crippen molar-refractivity contribution < 1.29 is 4.39 Å². The maximum Gasteiger partial charge on any atom is 0.231 e. The minimum absolute atomic E-state index is 0.195. The second-order valence-electron chi connectivity index (χ2n) is 8.56. The van der Waals surface area contributed by atoms with Gasteiger partial charge in [-0.15, -0.1) is 0 Å². The highest BCUT2D eigenvalue weighted by Gasteiger charge is 2.40. The van der Waals surface area contributed by atoms with Crippen LogP contribution < -0.4 is 15.5 Å². The van der Waals surface area contributed by atoms with Crippen molar-refractivity contribution in [2.75, 3.05) is 29.1 Å². The number of aromatic nitrogens is 6. The van der Waals surface area contributed by atoms with Gasteiger partial charge in [0.05, 0.1) is 11.9 Å². The van der Waals surface area contributed by atoms with E-state index in [1.807, 2.05) is 26.1 Å². The lowest BCUT2D eigenvalue weighted by Crippen LogP contribution is -2.25. The molecule has 1 aliphatic heterocycles. The number of hydrogen-bond acceptors (Lipinski definition) is 8. The van der Waals surface area contributed by atoms with Crippen LogP contribution in [0.2, 0.25) is 0 Å². The first-order chi connectivity index (χ1) is 15.8. The van der Waals surface area contributed by atoms with Gasteiger partial charge in [0.25, 0.3) is 0 Å². The Balaban J connectivity index is 1.49. The summed E-state index contributed by atoms with van der Waals surface area (Å²) < 4.78 is 15.1. The number of nitrogens with zero attached hydrogens (tertiary/aromatic N) is 7. The predicted octanol–water partition coefficient (Wildman–Crippen LogP) is 4.11. The average Bonchev–Trinajstić information content (AvgIpc) is 3.35. The van der Waals surface area contributed by atoms with Crippen molar-refractivity contribution in [3.8, 4) is 5.82 Å². The molecule has 0 atom stereocenters. The molecule has 0 saturated carbocycles. The summed E-state index contributed by atoms with van der Waals surface area (Å²) in [6, 6.07) is 10.2. The average molecular weight is 446 g/mol. The molecule has 5 rings (SSSR count). The number of pyridine rings is 1. The molecule has 1 aromatic carbocycles. The van der Waals surface area contributed by atoms with Crippen molar-refractivity contribution in [3.63, 3.8) is 0 Å². The Labute approximate surface area is 190 Å². The number of anilines is 5.